The van der Waals surface area contributed by atoms with Gasteiger partial charge in [-0.1, -0.05) is 135 Å². The van der Waals surface area contributed by atoms with Crippen LogP contribution in [0.4, 0.5) is 17.1 Å². The number of anilines is 3. The van der Waals surface area contributed by atoms with Gasteiger partial charge in [-0.25, -0.2) is 0 Å². The monoisotopic (exact) mass is 809 g/mol. The highest BCUT2D eigenvalue weighted by atomic mass is 16.3. The summed E-state index contributed by atoms with van der Waals surface area (Å²) in [4.78, 5) is 2.26. The molecule has 1 aromatic heterocycles. The maximum Gasteiger partial charge on any atom is 0.193 e. The standard InChI is InChI=1S/C52H23B12NO/c1-51(2)31-27(33(53)37(57)39(59)35(31)55)28-32(51)36(56)48(45-43(28)63-45)65(47-30-29-34(54)38(58)40(60)41(61)49(29)66-50(30)42(62)44-46(47)64-44)18-15-16-22-21-11-5-8-14-25(21)52(26(22)17-18)23-12-6-3-9-19(23)20-10-4-7-13-24(20)52/h3,5-6,8-17H,4,7H2,1-2H3. The lowest BCUT2D eigenvalue weighted by Crippen LogP contribution is -2.51. The number of benzene rings is 7. The summed E-state index contributed by atoms with van der Waals surface area (Å²) >= 11 is 0. The lowest BCUT2D eigenvalue weighted by Gasteiger charge is -2.35. The fourth-order valence-electron chi connectivity index (χ4n) is 12.7. The molecule has 0 amide bonds. The Morgan fingerprint density at radius 3 is 1.86 bits per heavy atom. The Bertz CT molecular complexity index is 3820. The summed E-state index contributed by atoms with van der Waals surface area (Å²) in [6.07, 6.45) is 6.80. The van der Waals surface area contributed by atoms with E-state index in [-0.39, 0.29) is 32.8 Å². The van der Waals surface area contributed by atoms with Gasteiger partial charge in [0.05, 0.1) is 16.5 Å². The predicted molar refractivity (Wildman–Crippen MR) is 287 cm³/mol. The van der Waals surface area contributed by atoms with Crippen molar-refractivity contribution < 1.29 is 4.42 Å². The lowest BCUT2D eigenvalue weighted by atomic mass is 9.61. The topological polar surface area (TPSA) is 16.4 Å². The van der Waals surface area contributed by atoms with E-state index in [0.29, 0.717) is 43.8 Å². The maximum atomic E-state index is 7.79. The molecule has 4 aliphatic carbocycles. The van der Waals surface area contributed by atoms with Gasteiger partial charge in [0, 0.05) is 22.2 Å². The molecule has 14 rings (SSSR count). The van der Waals surface area contributed by atoms with Crippen molar-refractivity contribution >= 4 is 214 Å². The Morgan fingerprint density at radius 1 is 0.500 bits per heavy atom. The van der Waals surface area contributed by atoms with Crippen LogP contribution in [0.15, 0.2) is 88.9 Å². The number of allylic oxidation sites excluding steroid dienone is 4. The van der Waals surface area contributed by atoms with Crippen molar-refractivity contribution in [3.05, 3.63) is 118 Å². The van der Waals surface area contributed by atoms with Crippen LogP contribution in [0.5, 0.6) is 0 Å². The molecule has 0 fully saturated rings. The van der Waals surface area contributed by atoms with Gasteiger partial charge in [-0.3, -0.25) is 0 Å². The third-order valence-electron chi connectivity index (χ3n) is 15.7. The zero-order valence-electron chi connectivity index (χ0n) is 36.2. The Kier molecular flexibility index (Phi) is 7.60. The summed E-state index contributed by atoms with van der Waals surface area (Å²) in [6.45, 7) is 4.21. The Morgan fingerprint density at radius 2 is 1.09 bits per heavy atom. The van der Waals surface area contributed by atoms with E-state index >= 15 is 0 Å². The van der Waals surface area contributed by atoms with Crippen molar-refractivity contribution in [3.63, 3.8) is 0 Å². The molecular formula is C52H23B12NO. The first-order chi connectivity index (χ1) is 31.7. The van der Waals surface area contributed by atoms with Gasteiger partial charge >= 0.3 is 0 Å². The highest BCUT2D eigenvalue weighted by Crippen LogP contribution is 2.65. The van der Waals surface area contributed by atoms with E-state index in [2.05, 4.69) is 112 Å². The molecule has 2 aliphatic heterocycles. The Labute approximate surface area is 398 Å². The molecule has 22 radical (unpaired) electrons. The molecule has 3 heterocycles. The van der Waals surface area contributed by atoms with Crippen molar-refractivity contribution in [1.82, 2.24) is 0 Å². The molecule has 0 saturated heterocycles. The molecule has 14 heteroatoms. The van der Waals surface area contributed by atoms with E-state index in [9.17, 15) is 0 Å². The van der Waals surface area contributed by atoms with Gasteiger partial charge in [-0.2, -0.15) is 0 Å². The van der Waals surface area contributed by atoms with Crippen LogP contribution in [-0.2, 0) is 10.8 Å². The first-order valence-electron chi connectivity index (χ1n) is 22.2. The van der Waals surface area contributed by atoms with Gasteiger partial charge in [0.15, 0.2) is 14.6 Å². The van der Waals surface area contributed by atoms with Gasteiger partial charge in [0.2, 0.25) is 0 Å². The first-order valence-corrected chi connectivity index (χ1v) is 22.2. The molecule has 2 nitrogen and oxygen atoms in total. The zero-order valence-corrected chi connectivity index (χ0v) is 36.2. The third kappa shape index (κ3) is 4.43. The summed E-state index contributed by atoms with van der Waals surface area (Å²) in [5.74, 6) is 0. The van der Waals surface area contributed by atoms with Crippen molar-refractivity contribution in [3.8, 4) is 22.3 Å². The van der Waals surface area contributed by atoms with E-state index in [0.717, 1.165) is 79.6 Å². The van der Waals surface area contributed by atoms with Crippen molar-refractivity contribution in [1.29, 1.82) is 0 Å². The predicted octanol–water partition coefficient (Wildman–Crippen LogP) is -2.33. The zero-order chi connectivity index (χ0) is 45.4. The SMILES string of the molecule is [B]c1c([B])c([B])c2c(c1[B])-c1c3c(c(N(c4ccc5c(c4)C4(C6=CCCC=C6c6ccccc64)c4ccccc4-5)c4c5c(c([B])c6oc7c([B])c([B])c([B])c([B])c7c46)[B]5)c([B])c1C2(C)C)[B]3. The molecule has 278 valence electrons. The molecule has 0 N–H and O–H groups in total. The van der Waals surface area contributed by atoms with E-state index < -0.39 is 10.8 Å². The molecule has 1 unspecified atom stereocenters. The van der Waals surface area contributed by atoms with Crippen LogP contribution in [0.3, 0.4) is 0 Å². The fraction of sp³-hybridized carbons (Fsp3) is 0.115. The average molecular weight is 808 g/mol. The second-order valence-electron chi connectivity index (χ2n) is 19.1. The van der Waals surface area contributed by atoms with Crippen LogP contribution in [0, 0.1) is 0 Å². The second kappa shape index (κ2) is 12.7. The minimum absolute atomic E-state index is 0.148. The third-order valence-corrected chi connectivity index (χ3v) is 15.7. The number of fused-ring (bicyclic) bond motifs is 19. The summed E-state index contributed by atoms with van der Waals surface area (Å²) < 4.78 is 6.65. The Hall–Kier alpha value is -5.60. The van der Waals surface area contributed by atoms with Gasteiger partial charge < -0.3 is 9.32 Å². The smallest absolute Gasteiger partial charge is 0.193 e. The molecular weight excluding hydrogens is 784 g/mol. The van der Waals surface area contributed by atoms with Crippen molar-refractivity contribution in [2.45, 2.75) is 37.5 Å². The molecule has 1 spiro atoms. The second-order valence-corrected chi connectivity index (χ2v) is 19.1. The van der Waals surface area contributed by atoms with E-state index in [1.54, 1.807) is 0 Å². The molecule has 0 saturated carbocycles. The minimum atomic E-state index is -0.738. The summed E-state index contributed by atoms with van der Waals surface area (Å²) in [7, 11) is 72.6. The van der Waals surface area contributed by atoms with Gasteiger partial charge in [0.1, 0.15) is 89.6 Å². The number of hydrogen-bond acceptors (Lipinski definition) is 2. The highest BCUT2D eigenvalue weighted by molar-refractivity contribution is 6.94. The molecule has 66 heavy (non-hydrogen) atoms. The molecule has 6 aliphatic rings. The molecule has 7 aromatic carbocycles. The van der Waals surface area contributed by atoms with Crippen LogP contribution >= 0.6 is 0 Å². The van der Waals surface area contributed by atoms with Crippen molar-refractivity contribution in [2.75, 3.05) is 4.90 Å². The summed E-state index contributed by atoms with van der Waals surface area (Å²) in [5.41, 5.74) is 21.8. The van der Waals surface area contributed by atoms with E-state index in [1.807, 2.05) is 0 Å². The van der Waals surface area contributed by atoms with Crippen LogP contribution in [0.1, 0.15) is 60.1 Å². The number of hydrogen-bond donors (Lipinski definition) is 0. The van der Waals surface area contributed by atoms with Crippen LogP contribution in [-0.4, -0.2) is 93.0 Å². The largest absolute Gasteiger partial charge is 0.457 e. The fourth-order valence-corrected chi connectivity index (χ4v) is 12.7. The Balaban J connectivity index is 1.13. The number of rotatable bonds is 3. The van der Waals surface area contributed by atoms with Gasteiger partial charge in [-0.05, 0) is 91.8 Å². The number of nitrogens with zero attached hydrogens (tertiary/aromatic N) is 1. The lowest BCUT2D eigenvalue weighted by molar-refractivity contribution is 0.669. The first kappa shape index (κ1) is 39.6. The minimum Gasteiger partial charge on any atom is -0.457 e. The molecule has 0 bridgehead atoms. The van der Waals surface area contributed by atoms with Gasteiger partial charge in [0.25, 0.3) is 0 Å². The van der Waals surface area contributed by atoms with Crippen LogP contribution in [0.25, 0.3) is 49.8 Å². The summed E-state index contributed by atoms with van der Waals surface area (Å²) in [5, 5.41) is 1.16. The molecule has 1 atom stereocenters. The quantitative estimate of drug-likeness (QED) is 0.187. The van der Waals surface area contributed by atoms with E-state index in [4.69, 9.17) is 82.9 Å². The van der Waals surface area contributed by atoms with Gasteiger partial charge in [-0.15, -0.1) is 21.9 Å². The average Bonchev–Trinajstić information content (AvgIpc) is 4.18. The van der Waals surface area contributed by atoms with Crippen LogP contribution < -0.4 is 81.4 Å². The highest BCUT2D eigenvalue weighted by Gasteiger charge is 2.54. The van der Waals surface area contributed by atoms with Crippen molar-refractivity contribution in [2.24, 2.45) is 0 Å². The normalized spacial score (nSPS) is 17.7. The summed E-state index contributed by atoms with van der Waals surface area (Å²) in [6, 6.07) is 24.5. The number of furan rings is 1. The molecule has 8 aromatic rings. The van der Waals surface area contributed by atoms with E-state index in [1.165, 1.54) is 39.0 Å². The van der Waals surface area contributed by atoms with Crippen LogP contribution in [0.2, 0.25) is 0 Å². The maximum absolute atomic E-state index is 7.79.